The average Bonchev–Trinajstić information content (AvgIpc) is 2.65. The molecule has 7 heteroatoms. The molecule has 0 aliphatic heterocycles. The first-order valence-corrected chi connectivity index (χ1v) is 8.25. The fraction of sp³-hybridized carbons (Fsp3) is 0.263. The van der Waals surface area contributed by atoms with E-state index in [2.05, 4.69) is 16.0 Å². The second kappa shape index (κ2) is 10.1. The van der Waals surface area contributed by atoms with Crippen LogP contribution < -0.4 is 16.0 Å². The monoisotopic (exact) mass is 359 g/mol. The molecule has 0 saturated carbocycles. The third-order valence-electron chi connectivity index (χ3n) is 3.58. The number of ether oxygens (including phenoxy) is 1. The molecule has 0 spiro atoms. The Labute approximate surface area is 151 Å². The van der Waals surface area contributed by atoms with Gasteiger partial charge in [0.2, 0.25) is 0 Å². The zero-order valence-electron chi connectivity index (χ0n) is 14.5. The van der Waals surface area contributed by atoms with Crippen molar-refractivity contribution in [3.8, 4) is 0 Å². The molecule has 0 unspecified atom stereocenters. The number of carbonyl (C=O) groups is 2. The van der Waals surface area contributed by atoms with Gasteiger partial charge in [0, 0.05) is 38.1 Å². The van der Waals surface area contributed by atoms with Crippen LogP contribution in [0.25, 0.3) is 0 Å². The van der Waals surface area contributed by atoms with Gasteiger partial charge >= 0.3 is 6.03 Å². The van der Waals surface area contributed by atoms with Crippen LogP contribution in [0.4, 0.5) is 14.9 Å². The lowest BCUT2D eigenvalue weighted by Gasteiger charge is -2.09. The van der Waals surface area contributed by atoms with E-state index in [0.717, 1.165) is 12.0 Å². The number of rotatable bonds is 8. The number of urea groups is 1. The highest BCUT2D eigenvalue weighted by Gasteiger charge is 2.06. The standard InChI is InChI=1S/C19H22FN3O3/c1-26-12-2-11-21-19(25)23-17-9-5-15(6-10-17)18(24)22-13-14-3-7-16(20)8-4-14/h3-10H,2,11-13H2,1H3,(H,22,24)(H2,21,23,25). The van der Waals surface area contributed by atoms with Crippen molar-refractivity contribution in [1.82, 2.24) is 10.6 Å². The van der Waals surface area contributed by atoms with Gasteiger partial charge in [0.05, 0.1) is 0 Å². The van der Waals surface area contributed by atoms with E-state index in [4.69, 9.17) is 4.74 Å². The van der Waals surface area contributed by atoms with E-state index in [-0.39, 0.29) is 17.8 Å². The van der Waals surface area contributed by atoms with Gasteiger partial charge in [-0.05, 0) is 48.4 Å². The van der Waals surface area contributed by atoms with Gasteiger partial charge in [-0.25, -0.2) is 9.18 Å². The first kappa shape index (κ1) is 19.4. The summed E-state index contributed by atoms with van der Waals surface area (Å²) in [4.78, 5) is 23.8. The lowest BCUT2D eigenvalue weighted by Crippen LogP contribution is -2.30. The summed E-state index contributed by atoms with van der Waals surface area (Å²) in [7, 11) is 1.61. The maximum Gasteiger partial charge on any atom is 0.319 e. The number of hydrogen-bond acceptors (Lipinski definition) is 3. The minimum Gasteiger partial charge on any atom is -0.385 e. The molecule has 0 bridgehead atoms. The van der Waals surface area contributed by atoms with E-state index in [9.17, 15) is 14.0 Å². The summed E-state index contributed by atoms with van der Waals surface area (Å²) in [5.41, 5.74) is 1.87. The topological polar surface area (TPSA) is 79.5 Å². The fourth-order valence-electron chi connectivity index (χ4n) is 2.19. The highest BCUT2D eigenvalue weighted by Crippen LogP contribution is 2.10. The summed E-state index contributed by atoms with van der Waals surface area (Å²) in [6.45, 7) is 1.41. The van der Waals surface area contributed by atoms with Crippen LogP contribution in [-0.2, 0) is 11.3 Å². The summed E-state index contributed by atoms with van der Waals surface area (Å²) < 4.78 is 17.8. The number of nitrogens with one attached hydrogen (secondary N) is 3. The molecule has 138 valence electrons. The van der Waals surface area contributed by atoms with Crippen LogP contribution in [0.1, 0.15) is 22.3 Å². The van der Waals surface area contributed by atoms with Crippen molar-refractivity contribution in [2.75, 3.05) is 25.6 Å². The van der Waals surface area contributed by atoms with Crippen LogP contribution in [0, 0.1) is 5.82 Å². The van der Waals surface area contributed by atoms with Gasteiger partial charge < -0.3 is 20.7 Å². The first-order valence-electron chi connectivity index (χ1n) is 8.25. The fourth-order valence-corrected chi connectivity index (χ4v) is 2.19. The molecule has 0 atom stereocenters. The minimum absolute atomic E-state index is 0.245. The van der Waals surface area contributed by atoms with Crippen LogP contribution in [-0.4, -0.2) is 32.2 Å². The third kappa shape index (κ3) is 6.52. The SMILES string of the molecule is COCCCNC(=O)Nc1ccc(C(=O)NCc2ccc(F)cc2)cc1. The minimum atomic E-state index is -0.314. The first-order chi connectivity index (χ1) is 12.6. The molecule has 3 N–H and O–H groups in total. The highest BCUT2D eigenvalue weighted by atomic mass is 19.1. The van der Waals surface area contributed by atoms with Crippen LogP contribution in [0.15, 0.2) is 48.5 Å². The van der Waals surface area contributed by atoms with Gasteiger partial charge in [-0.1, -0.05) is 12.1 Å². The molecule has 2 rings (SSSR count). The molecule has 6 nitrogen and oxygen atoms in total. The Hall–Kier alpha value is -2.93. The van der Waals surface area contributed by atoms with Gasteiger partial charge in [0.1, 0.15) is 5.82 Å². The number of hydrogen-bond donors (Lipinski definition) is 3. The van der Waals surface area contributed by atoms with E-state index >= 15 is 0 Å². The molecule has 26 heavy (non-hydrogen) atoms. The van der Waals surface area contributed by atoms with Crippen molar-refractivity contribution in [2.24, 2.45) is 0 Å². The molecule has 0 saturated heterocycles. The molecule has 0 fully saturated rings. The Balaban J connectivity index is 1.79. The molecular formula is C19H22FN3O3. The lowest BCUT2D eigenvalue weighted by atomic mass is 10.1. The summed E-state index contributed by atoms with van der Waals surface area (Å²) >= 11 is 0. The molecule has 2 aromatic carbocycles. The Morgan fingerprint density at radius 1 is 1.00 bits per heavy atom. The molecule has 3 amide bonds. The summed E-state index contributed by atoms with van der Waals surface area (Å²) in [5, 5.41) is 8.16. The van der Waals surface area contributed by atoms with Crippen molar-refractivity contribution in [3.05, 3.63) is 65.5 Å². The van der Waals surface area contributed by atoms with Crippen molar-refractivity contribution < 1.29 is 18.7 Å². The summed E-state index contributed by atoms with van der Waals surface area (Å²) in [5.74, 6) is -0.559. The Bertz CT molecular complexity index is 718. The van der Waals surface area contributed by atoms with Crippen LogP contribution in [0.3, 0.4) is 0 Å². The molecule has 0 radical (unpaired) electrons. The van der Waals surface area contributed by atoms with Crippen molar-refractivity contribution in [2.45, 2.75) is 13.0 Å². The van der Waals surface area contributed by atoms with Crippen LogP contribution >= 0.6 is 0 Å². The number of amides is 3. The average molecular weight is 359 g/mol. The second-order valence-corrected chi connectivity index (χ2v) is 5.61. The lowest BCUT2D eigenvalue weighted by molar-refractivity contribution is 0.0951. The molecule has 0 aromatic heterocycles. The number of methoxy groups -OCH3 is 1. The molecule has 0 aliphatic rings. The third-order valence-corrected chi connectivity index (χ3v) is 3.58. The summed E-state index contributed by atoms with van der Waals surface area (Å²) in [6, 6.07) is 12.2. The zero-order chi connectivity index (χ0) is 18.8. The normalized spacial score (nSPS) is 10.2. The zero-order valence-corrected chi connectivity index (χ0v) is 14.5. The smallest absolute Gasteiger partial charge is 0.319 e. The molecular weight excluding hydrogens is 337 g/mol. The van der Waals surface area contributed by atoms with E-state index < -0.39 is 0 Å². The largest absolute Gasteiger partial charge is 0.385 e. The van der Waals surface area contributed by atoms with Gasteiger partial charge in [-0.15, -0.1) is 0 Å². The van der Waals surface area contributed by atoms with Gasteiger partial charge in [0.25, 0.3) is 5.91 Å². The maximum absolute atomic E-state index is 12.9. The quantitative estimate of drug-likeness (QED) is 0.634. The van der Waals surface area contributed by atoms with E-state index in [1.54, 1.807) is 43.5 Å². The Kier molecular flexibility index (Phi) is 7.57. The van der Waals surface area contributed by atoms with Crippen molar-refractivity contribution in [3.63, 3.8) is 0 Å². The predicted octanol–water partition coefficient (Wildman–Crippen LogP) is 2.91. The van der Waals surface area contributed by atoms with Crippen LogP contribution in [0.5, 0.6) is 0 Å². The molecule has 0 heterocycles. The summed E-state index contributed by atoms with van der Waals surface area (Å²) in [6.07, 6.45) is 0.733. The maximum atomic E-state index is 12.9. The van der Waals surface area contributed by atoms with E-state index in [1.807, 2.05) is 0 Å². The number of benzene rings is 2. The molecule has 0 aliphatic carbocycles. The number of halogens is 1. The van der Waals surface area contributed by atoms with Gasteiger partial charge in [-0.2, -0.15) is 0 Å². The van der Waals surface area contributed by atoms with E-state index in [1.165, 1.54) is 12.1 Å². The van der Waals surface area contributed by atoms with Crippen LogP contribution in [0.2, 0.25) is 0 Å². The number of anilines is 1. The van der Waals surface area contributed by atoms with Gasteiger partial charge in [0.15, 0.2) is 0 Å². The van der Waals surface area contributed by atoms with Gasteiger partial charge in [-0.3, -0.25) is 4.79 Å². The predicted molar refractivity (Wildman–Crippen MR) is 97.5 cm³/mol. The second-order valence-electron chi connectivity index (χ2n) is 5.61. The molecule has 2 aromatic rings. The Morgan fingerprint density at radius 3 is 2.35 bits per heavy atom. The number of carbonyl (C=O) groups excluding carboxylic acids is 2. The highest BCUT2D eigenvalue weighted by molar-refractivity contribution is 5.95. The van der Waals surface area contributed by atoms with Crippen molar-refractivity contribution >= 4 is 17.6 Å². The van der Waals surface area contributed by atoms with E-state index in [0.29, 0.717) is 30.9 Å². The Morgan fingerprint density at radius 2 is 1.69 bits per heavy atom. The van der Waals surface area contributed by atoms with Crippen molar-refractivity contribution in [1.29, 1.82) is 0 Å².